The van der Waals surface area contributed by atoms with Crippen LogP contribution in [0.3, 0.4) is 0 Å². The summed E-state index contributed by atoms with van der Waals surface area (Å²) < 4.78 is 0. The van der Waals surface area contributed by atoms with Crippen LogP contribution in [0.5, 0.6) is 0 Å². The van der Waals surface area contributed by atoms with Gasteiger partial charge in [-0.15, -0.1) is 0 Å². The molecule has 1 heterocycles. The first-order valence-electron chi connectivity index (χ1n) is 6.62. The predicted octanol–water partition coefficient (Wildman–Crippen LogP) is 0.489. The largest absolute Gasteiger partial charge is 0.369 e. The zero-order valence-corrected chi connectivity index (χ0v) is 11.7. The van der Waals surface area contributed by atoms with Crippen LogP contribution in [0.25, 0.3) is 0 Å². The lowest BCUT2D eigenvalue weighted by atomic mass is 9.96. The summed E-state index contributed by atoms with van der Waals surface area (Å²) in [5.41, 5.74) is 5.31. The maximum Gasteiger partial charge on any atom is 0.223 e. The van der Waals surface area contributed by atoms with Gasteiger partial charge in [0, 0.05) is 37.5 Å². The predicted molar refractivity (Wildman–Crippen MR) is 70.9 cm³/mol. The highest BCUT2D eigenvalue weighted by atomic mass is 16.2. The standard InChI is InChI=1S/C13H25N3O2/c1-13(2,3)15-7-4-11(17)16-8-5-10(6-9-16)12(14)18/h10,15H,4-9H2,1-3H3,(H2,14,18). The van der Waals surface area contributed by atoms with Crippen molar-refractivity contribution in [3.8, 4) is 0 Å². The van der Waals surface area contributed by atoms with E-state index in [2.05, 4.69) is 26.1 Å². The number of hydrogen-bond donors (Lipinski definition) is 2. The molecule has 1 saturated heterocycles. The highest BCUT2D eigenvalue weighted by Gasteiger charge is 2.25. The molecule has 0 aliphatic carbocycles. The Hall–Kier alpha value is -1.10. The number of nitrogens with zero attached hydrogens (tertiary/aromatic N) is 1. The second-order valence-corrected chi connectivity index (χ2v) is 5.98. The fourth-order valence-corrected chi connectivity index (χ4v) is 2.12. The van der Waals surface area contributed by atoms with E-state index < -0.39 is 0 Å². The smallest absolute Gasteiger partial charge is 0.223 e. The van der Waals surface area contributed by atoms with Crippen molar-refractivity contribution in [3.63, 3.8) is 0 Å². The molecule has 0 unspecified atom stereocenters. The lowest BCUT2D eigenvalue weighted by molar-refractivity contribution is -0.134. The average Bonchev–Trinajstić information content (AvgIpc) is 2.27. The Labute approximate surface area is 109 Å². The van der Waals surface area contributed by atoms with E-state index in [1.807, 2.05) is 4.90 Å². The number of primary amides is 1. The van der Waals surface area contributed by atoms with E-state index in [9.17, 15) is 9.59 Å². The van der Waals surface area contributed by atoms with Gasteiger partial charge >= 0.3 is 0 Å². The lowest BCUT2D eigenvalue weighted by Gasteiger charge is -2.31. The molecule has 5 heteroatoms. The van der Waals surface area contributed by atoms with Crippen LogP contribution in [-0.4, -0.2) is 41.9 Å². The van der Waals surface area contributed by atoms with Crippen LogP contribution in [0.1, 0.15) is 40.0 Å². The van der Waals surface area contributed by atoms with Gasteiger partial charge in [-0.1, -0.05) is 0 Å². The summed E-state index contributed by atoms with van der Waals surface area (Å²) in [6.45, 7) is 8.24. The van der Waals surface area contributed by atoms with Crippen molar-refractivity contribution >= 4 is 11.8 Å². The van der Waals surface area contributed by atoms with Gasteiger partial charge in [0.2, 0.25) is 11.8 Å². The molecule has 0 bridgehead atoms. The highest BCUT2D eigenvalue weighted by Crippen LogP contribution is 2.17. The normalized spacial score (nSPS) is 17.8. The molecule has 0 radical (unpaired) electrons. The quantitative estimate of drug-likeness (QED) is 0.767. The van der Waals surface area contributed by atoms with E-state index in [0.29, 0.717) is 38.9 Å². The molecule has 1 rings (SSSR count). The van der Waals surface area contributed by atoms with Gasteiger partial charge in [0.15, 0.2) is 0 Å². The number of nitrogens with two attached hydrogens (primary N) is 1. The Bertz CT molecular complexity index is 302. The summed E-state index contributed by atoms with van der Waals surface area (Å²) in [7, 11) is 0. The topological polar surface area (TPSA) is 75.4 Å². The van der Waals surface area contributed by atoms with Crippen LogP contribution < -0.4 is 11.1 Å². The summed E-state index contributed by atoms with van der Waals surface area (Å²) in [6.07, 6.45) is 1.92. The maximum atomic E-state index is 11.9. The summed E-state index contributed by atoms with van der Waals surface area (Å²) in [5.74, 6) is -0.132. The molecular weight excluding hydrogens is 230 g/mol. The molecule has 5 nitrogen and oxygen atoms in total. The molecule has 104 valence electrons. The van der Waals surface area contributed by atoms with Crippen LogP contribution in [0.15, 0.2) is 0 Å². The van der Waals surface area contributed by atoms with E-state index in [0.717, 1.165) is 0 Å². The molecule has 0 aromatic rings. The Morgan fingerprint density at radius 3 is 2.28 bits per heavy atom. The summed E-state index contributed by atoms with van der Waals surface area (Å²) >= 11 is 0. The molecule has 0 aromatic carbocycles. The van der Waals surface area contributed by atoms with Crippen LogP contribution in [-0.2, 0) is 9.59 Å². The van der Waals surface area contributed by atoms with E-state index in [-0.39, 0.29) is 23.3 Å². The van der Waals surface area contributed by atoms with Gasteiger partial charge in [-0.2, -0.15) is 0 Å². The molecule has 1 aliphatic rings. The van der Waals surface area contributed by atoms with Gasteiger partial charge in [-0.25, -0.2) is 0 Å². The average molecular weight is 255 g/mol. The molecule has 0 saturated carbocycles. The van der Waals surface area contributed by atoms with Crippen molar-refractivity contribution in [3.05, 3.63) is 0 Å². The summed E-state index contributed by atoms with van der Waals surface area (Å²) in [6, 6.07) is 0. The zero-order valence-electron chi connectivity index (χ0n) is 11.7. The first-order chi connectivity index (χ1) is 8.29. The molecule has 2 amide bonds. The Morgan fingerprint density at radius 1 is 1.28 bits per heavy atom. The van der Waals surface area contributed by atoms with E-state index >= 15 is 0 Å². The molecule has 0 aromatic heterocycles. The number of hydrogen-bond acceptors (Lipinski definition) is 3. The molecule has 1 fully saturated rings. The van der Waals surface area contributed by atoms with Gasteiger partial charge in [0.05, 0.1) is 0 Å². The number of nitrogens with one attached hydrogen (secondary N) is 1. The molecule has 0 spiro atoms. The third kappa shape index (κ3) is 5.04. The van der Waals surface area contributed by atoms with E-state index in [1.165, 1.54) is 0 Å². The van der Waals surface area contributed by atoms with Gasteiger partial charge in [0.25, 0.3) is 0 Å². The Morgan fingerprint density at radius 2 is 1.83 bits per heavy atom. The Balaban J connectivity index is 2.26. The zero-order chi connectivity index (χ0) is 13.8. The first kappa shape index (κ1) is 15.0. The highest BCUT2D eigenvalue weighted by molar-refractivity contribution is 5.78. The number of carbonyl (C=O) groups is 2. The minimum Gasteiger partial charge on any atom is -0.369 e. The molecule has 1 aliphatic heterocycles. The van der Waals surface area contributed by atoms with Crippen LogP contribution in [0, 0.1) is 5.92 Å². The molecule has 18 heavy (non-hydrogen) atoms. The van der Waals surface area contributed by atoms with Crippen molar-refractivity contribution in [2.24, 2.45) is 11.7 Å². The van der Waals surface area contributed by atoms with Crippen molar-refractivity contribution in [2.45, 2.75) is 45.6 Å². The van der Waals surface area contributed by atoms with E-state index in [1.54, 1.807) is 0 Å². The third-order valence-corrected chi connectivity index (χ3v) is 3.24. The number of piperidine rings is 1. The maximum absolute atomic E-state index is 11.9. The van der Waals surface area contributed by atoms with Crippen molar-refractivity contribution in [1.29, 1.82) is 0 Å². The van der Waals surface area contributed by atoms with Crippen LogP contribution in [0.2, 0.25) is 0 Å². The number of rotatable bonds is 4. The Kier molecular flexibility index (Phi) is 5.14. The second-order valence-electron chi connectivity index (χ2n) is 5.98. The van der Waals surface area contributed by atoms with Crippen molar-refractivity contribution in [2.75, 3.05) is 19.6 Å². The third-order valence-electron chi connectivity index (χ3n) is 3.24. The summed E-state index contributed by atoms with van der Waals surface area (Å²) in [5, 5.41) is 3.30. The van der Waals surface area contributed by atoms with E-state index in [4.69, 9.17) is 5.73 Å². The van der Waals surface area contributed by atoms with Crippen LogP contribution in [0.4, 0.5) is 0 Å². The minimum atomic E-state index is -0.239. The number of amides is 2. The molecule has 3 N–H and O–H groups in total. The lowest BCUT2D eigenvalue weighted by Crippen LogP contribution is -2.43. The fraction of sp³-hybridized carbons (Fsp3) is 0.846. The van der Waals surface area contributed by atoms with Crippen LogP contribution >= 0.6 is 0 Å². The van der Waals surface area contributed by atoms with Crippen molar-refractivity contribution in [1.82, 2.24) is 10.2 Å². The minimum absolute atomic E-state index is 0.0409. The van der Waals surface area contributed by atoms with Gasteiger partial charge < -0.3 is 16.0 Å². The fourth-order valence-electron chi connectivity index (χ4n) is 2.12. The first-order valence-corrected chi connectivity index (χ1v) is 6.62. The van der Waals surface area contributed by atoms with Crippen molar-refractivity contribution < 1.29 is 9.59 Å². The van der Waals surface area contributed by atoms with Gasteiger partial charge in [0.1, 0.15) is 0 Å². The SMILES string of the molecule is CC(C)(C)NCCC(=O)N1CCC(C(N)=O)CC1. The second kappa shape index (κ2) is 6.18. The number of carbonyl (C=O) groups excluding carboxylic acids is 2. The molecular formula is C13H25N3O2. The summed E-state index contributed by atoms with van der Waals surface area (Å²) in [4.78, 5) is 24.8. The van der Waals surface area contributed by atoms with Gasteiger partial charge in [-0.3, -0.25) is 9.59 Å². The monoisotopic (exact) mass is 255 g/mol. The molecule has 0 atom stereocenters. The van der Waals surface area contributed by atoms with Gasteiger partial charge in [-0.05, 0) is 33.6 Å². The number of likely N-dealkylation sites (tertiary alicyclic amines) is 1.